The molecule has 6 fully saturated rings. The molecule has 0 radical (unpaired) electrons. The molecule has 33 atom stereocenters. The van der Waals surface area contributed by atoms with Crippen LogP contribution in [0.2, 0.25) is 0 Å². The summed E-state index contributed by atoms with van der Waals surface area (Å²) in [6.45, 7) is -5.75. The number of carbonyl (C=O) groups is 6. The van der Waals surface area contributed by atoms with Gasteiger partial charge in [0.2, 0.25) is 24.1 Å². The van der Waals surface area contributed by atoms with Gasteiger partial charge in [-0.15, -0.1) is 0 Å². The number of rotatable bonds is 31. The molecule has 25 N–H and O–H groups in total. The summed E-state index contributed by atoms with van der Waals surface area (Å²) >= 11 is 0. The van der Waals surface area contributed by atoms with E-state index < -0.39 is 297 Å². The summed E-state index contributed by atoms with van der Waals surface area (Å²) in [4.78, 5) is 75.5. The van der Waals surface area contributed by atoms with Gasteiger partial charge in [-0.3, -0.25) is 19.2 Å². The van der Waals surface area contributed by atoms with Crippen molar-refractivity contribution in [3.8, 4) is 0 Å². The molecule has 6 saturated heterocycles. The third-order valence-corrected chi connectivity index (χ3v) is 16.6. The van der Waals surface area contributed by atoms with Gasteiger partial charge in [-0.25, -0.2) is 9.59 Å². The van der Waals surface area contributed by atoms with Gasteiger partial charge in [0.15, 0.2) is 25.2 Å². The highest BCUT2D eigenvalue weighted by atomic mass is 16.8. The van der Waals surface area contributed by atoms with E-state index in [0.29, 0.717) is 0 Å². The predicted molar refractivity (Wildman–Crippen MR) is 292 cm³/mol. The molecule has 0 unspecified atom stereocenters. The second-order valence-corrected chi connectivity index (χ2v) is 23.3. The molecule has 43 heteroatoms. The second-order valence-electron chi connectivity index (χ2n) is 23.3. The van der Waals surface area contributed by atoms with E-state index in [4.69, 9.17) is 56.8 Å². The minimum Gasteiger partial charge on any atom is -0.477 e. The van der Waals surface area contributed by atoms with E-state index in [1.807, 2.05) is 0 Å². The monoisotopic (exact) mass is 1390 g/mol. The number of carboxylic acid groups (broad SMARTS) is 2. The van der Waals surface area contributed by atoms with Crippen LogP contribution in [0.15, 0.2) is 0 Å². The molecule has 95 heavy (non-hydrogen) atoms. The van der Waals surface area contributed by atoms with Crippen molar-refractivity contribution >= 4 is 36.1 Å². The Morgan fingerprint density at radius 3 is 1.43 bits per heavy atom. The lowest BCUT2D eigenvalue weighted by Gasteiger charge is -2.51. The molecule has 0 spiro atoms. The summed E-state index contributed by atoms with van der Waals surface area (Å²) in [5, 5.41) is 238. The lowest BCUT2D eigenvalue weighted by molar-refractivity contribution is -0.383. The van der Waals surface area contributed by atoms with Gasteiger partial charge >= 0.3 is 11.9 Å². The molecule has 6 aliphatic rings. The molecular weight excluding hydrogens is 1300 g/mol. The first-order chi connectivity index (χ1) is 44.7. The predicted octanol–water partition coefficient (Wildman–Crippen LogP) is -16.1. The summed E-state index contributed by atoms with van der Waals surface area (Å²) in [5.41, 5.74) is 0. The summed E-state index contributed by atoms with van der Waals surface area (Å²) in [7, 11) is 0. The van der Waals surface area contributed by atoms with Gasteiger partial charge in [0.05, 0.1) is 83.2 Å². The van der Waals surface area contributed by atoms with Gasteiger partial charge in [0, 0.05) is 33.6 Å². The number of nitrogens with one attached hydrogen (secondary N) is 4. The Hall–Kier alpha value is -4.42. The highest BCUT2D eigenvalue weighted by molar-refractivity contribution is 5.77. The maximum atomic E-state index is 13.6. The van der Waals surface area contributed by atoms with E-state index in [-0.39, 0.29) is 6.41 Å². The van der Waals surface area contributed by atoms with Crippen LogP contribution >= 0.6 is 0 Å². The fourth-order valence-electron chi connectivity index (χ4n) is 11.6. The van der Waals surface area contributed by atoms with Crippen LogP contribution in [-0.4, -0.2) is 397 Å². The first-order valence-electron chi connectivity index (χ1n) is 29.6. The van der Waals surface area contributed by atoms with E-state index in [1.165, 1.54) is 0 Å². The average molecular weight is 1390 g/mol. The number of aliphatic carboxylic acids is 2. The molecule has 0 saturated carbocycles. The van der Waals surface area contributed by atoms with Crippen LogP contribution in [0.1, 0.15) is 33.6 Å². The van der Waals surface area contributed by atoms with Crippen molar-refractivity contribution in [3.63, 3.8) is 0 Å². The van der Waals surface area contributed by atoms with Crippen LogP contribution in [0.5, 0.6) is 0 Å². The molecule has 548 valence electrons. The molecule has 6 aliphatic heterocycles. The van der Waals surface area contributed by atoms with E-state index in [2.05, 4.69) is 21.3 Å². The fourth-order valence-corrected chi connectivity index (χ4v) is 11.6. The number of hydrogen-bond donors (Lipinski definition) is 25. The second kappa shape index (κ2) is 34.6. The highest BCUT2D eigenvalue weighted by Crippen LogP contribution is 2.41. The largest absolute Gasteiger partial charge is 0.477 e. The highest BCUT2D eigenvalue weighted by Gasteiger charge is 2.62. The molecule has 0 aromatic heterocycles. The third kappa shape index (κ3) is 18.1. The zero-order valence-corrected chi connectivity index (χ0v) is 50.8. The van der Waals surface area contributed by atoms with Crippen LogP contribution in [0.3, 0.4) is 0 Å². The normalized spacial score (nSPS) is 42.5. The molecule has 4 amide bonds. The van der Waals surface area contributed by atoms with Gasteiger partial charge in [-0.2, -0.15) is 0 Å². The van der Waals surface area contributed by atoms with Crippen molar-refractivity contribution in [2.24, 2.45) is 0 Å². The number of ether oxygens (including phenoxy) is 12. The molecule has 0 aromatic rings. The summed E-state index contributed by atoms with van der Waals surface area (Å²) in [5.74, 6) is -14.0. The summed E-state index contributed by atoms with van der Waals surface area (Å²) < 4.78 is 69.0. The van der Waals surface area contributed by atoms with Gasteiger partial charge in [-0.1, -0.05) is 0 Å². The van der Waals surface area contributed by atoms with E-state index in [9.17, 15) is 136 Å². The SMILES string of the molecule is CC(=O)N[C@H]1[C@H](O[C@@H]2[C@H](O)[C@@H](O)[C@H](O[C@H]3[C@H](O)[C@@H](O)[C@H](OC[C@@H](CO)NC=O)O[C@@H]3CO)O[C@@H]2CO)O[C@H](CO[C@]2(C(=O)O)C[C@H](O)[C@@H](NC(C)=O)[C@H]([C@H](O)[C@@H](CO)O[C@]3(C(=O)O)C[C@H](O)[C@@H](NC(C)=O)[C@H]([C@H](O)[C@H](O)CO)O3)O2)[C@H](O)[C@@H]1O[C@@H]1O[C@H](CO)[C@H](O)[C@H](O)[C@H]1O. The Morgan fingerprint density at radius 1 is 0.505 bits per heavy atom. The molecule has 0 aromatic carbocycles. The smallest absolute Gasteiger partial charge is 0.364 e. The number of aliphatic hydroxyl groups excluding tert-OH is 19. The Bertz CT molecular complexity index is 2500. The molecule has 6 rings (SSSR count). The van der Waals surface area contributed by atoms with E-state index in [0.717, 1.165) is 20.8 Å². The van der Waals surface area contributed by atoms with Gasteiger partial charge in [0.1, 0.15) is 134 Å². The Kier molecular flexibility index (Phi) is 29.0. The van der Waals surface area contributed by atoms with Crippen molar-refractivity contribution in [2.75, 3.05) is 52.9 Å². The summed E-state index contributed by atoms with van der Waals surface area (Å²) in [6.07, 6.45) is -60.5. The third-order valence-electron chi connectivity index (χ3n) is 16.6. The fraction of sp³-hybridized carbons (Fsp3) is 0.885. The minimum atomic E-state index is -3.38. The number of aliphatic hydroxyl groups is 19. The topological polar surface area (TPSA) is 686 Å². The maximum Gasteiger partial charge on any atom is 0.364 e. The summed E-state index contributed by atoms with van der Waals surface area (Å²) in [6, 6.07) is -6.77. The van der Waals surface area contributed by atoms with Crippen molar-refractivity contribution in [1.29, 1.82) is 0 Å². The molecule has 43 nitrogen and oxygen atoms in total. The van der Waals surface area contributed by atoms with Crippen LogP contribution in [-0.2, 0) is 85.6 Å². The molecule has 0 bridgehead atoms. The van der Waals surface area contributed by atoms with Crippen LogP contribution in [0.4, 0.5) is 0 Å². The van der Waals surface area contributed by atoms with Gasteiger partial charge in [-0.05, 0) is 0 Å². The van der Waals surface area contributed by atoms with Crippen LogP contribution in [0, 0.1) is 0 Å². The van der Waals surface area contributed by atoms with E-state index in [1.54, 1.807) is 0 Å². The van der Waals surface area contributed by atoms with Crippen molar-refractivity contribution < 1.29 is 193 Å². The molecule has 6 heterocycles. The first-order valence-corrected chi connectivity index (χ1v) is 29.6. The van der Waals surface area contributed by atoms with Gasteiger partial charge < -0.3 is 185 Å². The number of amides is 4. The van der Waals surface area contributed by atoms with Crippen LogP contribution < -0.4 is 21.3 Å². The number of carbonyl (C=O) groups excluding carboxylic acids is 4. The standard InChI is InChI=1S/C52H86N4O39/c1-15(64)54-27-20(68)5-52(50(82)83,95-43(27)30(70)21(69)7-58)93-23(9-60)32(72)44-28(55-16(2)65)19(67)4-51(94-44,49(80)81)85-13-26-33(73)42(92-47-37(77)34(74)31(71)22(8-59)86-47)29(56-17(3)66)45(89-26)90-40-25(11-62)88-48(39(79)36(40)76)91-41-24(10-61)87-46(38(78)35(41)75)84-12-18(6-57)53-14-63/h14,18-48,57-62,67-79H,4-13H2,1-3H3,(H,53,63)(H,54,64)(H,55,65)(H,56,66)(H,80,81)(H,82,83)/t18-,19+,20+,21-,22-,23-,24-,25-,26-,27-,28-,29-,30-,31+,32-,33+,34+,35-,36-,37-,38-,39-,40+,41-,42-,43-,44-,45+,46-,47+,48+,51-,52-/m1/s1. The van der Waals surface area contributed by atoms with Gasteiger partial charge in [0.25, 0.3) is 11.6 Å². The number of hydrogen-bond acceptors (Lipinski definition) is 37. The molecule has 0 aliphatic carbocycles. The lowest BCUT2D eigenvalue weighted by atomic mass is 9.87. The average Bonchev–Trinajstić information content (AvgIpc) is 0.768. The molecular formula is C52H86N4O39. The minimum absolute atomic E-state index is 0.242. The first kappa shape index (κ1) is 79.6. The van der Waals surface area contributed by atoms with E-state index >= 15 is 0 Å². The van der Waals surface area contributed by atoms with Crippen molar-refractivity contribution in [2.45, 2.75) is 235 Å². The Labute approximate surface area is 537 Å². The maximum absolute atomic E-state index is 13.6. The zero-order chi connectivity index (χ0) is 70.9. The van der Waals surface area contributed by atoms with Crippen molar-refractivity contribution in [3.05, 3.63) is 0 Å². The lowest BCUT2D eigenvalue weighted by Crippen LogP contribution is -2.71. The van der Waals surface area contributed by atoms with Crippen molar-refractivity contribution in [1.82, 2.24) is 21.3 Å². The van der Waals surface area contributed by atoms with Crippen LogP contribution in [0.25, 0.3) is 0 Å². The zero-order valence-electron chi connectivity index (χ0n) is 50.8. The quantitative estimate of drug-likeness (QED) is 0.0287. The number of carboxylic acids is 2. The Morgan fingerprint density at radius 2 is 0.947 bits per heavy atom. The Balaban J connectivity index is 1.33.